The summed E-state index contributed by atoms with van der Waals surface area (Å²) in [5.41, 5.74) is 2.49. The Morgan fingerprint density at radius 3 is 2.41 bits per heavy atom. The summed E-state index contributed by atoms with van der Waals surface area (Å²) < 4.78 is 4.21. The van der Waals surface area contributed by atoms with E-state index in [9.17, 15) is 14.4 Å². The molecule has 0 spiro atoms. The first-order chi connectivity index (χ1) is 15.4. The molecule has 4 rings (SSSR count). The number of aromatic nitrogens is 4. The number of para-hydroxylation sites is 1. The zero-order valence-corrected chi connectivity index (χ0v) is 18.8. The van der Waals surface area contributed by atoms with Gasteiger partial charge in [0.1, 0.15) is 0 Å². The summed E-state index contributed by atoms with van der Waals surface area (Å²) in [6, 6.07) is 17.2. The van der Waals surface area contributed by atoms with Crippen LogP contribution < -0.4 is 16.6 Å². The number of rotatable bonds is 6. The molecule has 4 aromatic rings. The van der Waals surface area contributed by atoms with Gasteiger partial charge in [-0.1, -0.05) is 60.3 Å². The Morgan fingerprint density at radius 1 is 1.00 bits per heavy atom. The van der Waals surface area contributed by atoms with E-state index >= 15 is 0 Å². The van der Waals surface area contributed by atoms with E-state index in [4.69, 9.17) is 0 Å². The van der Waals surface area contributed by atoms with E-state index < -0.39 is 11.2 Å². The van der Waals surface area contributed by atoms with E-state index in [2.05, 4.69) is 10.3 Å². The zero-order valence-electron chi connectivity index (χ0n) is 18.0. The van der Waals surface area contributed by atoms with Crippen molar-refractivity contribution in [3.8, 4) is 0 Å². The fraction of sp³-hybridized carbons (Fsp3) is 0.217. The second kappa shape index (κ2) is 8.88. The number of nitrogens with one attached hydrogen (secondary N) is 1. The molecule has 0 aliphatic carbocycles. The van der Waals surface area contributed by atoms with Gasteiger partial charge in [0.15, 0.2) is 16.3 Å². The third kappa shape index (κ3) is 4.11. The van der Waals surface area contributed by atoms with E-state index in [0.29, 0.717) is 22.9 Å². The fourth-order valence-corrected chi connectivity index (χ4v) is 4.27. The summed E-state index contributed by atoms with van der Waals surface area (Å²) in [6.07, 6.45) is 0. The molecule has 32 heavy (non-hydrogen) atoms. The molecule has 0 aliphatic heterocycles. The van der Waals surface area contributed by atoms with E-state index in [-0.39, 0.29) is 11.7 Å². The van der Waals surface area contributed by atoms with Crippen molar-refractivity contribution < 1.29 is 4.79 Å². The van der Waals surface area contributed by atoms with Crippen LogP contribution in [0.15, 0.2) is 69.3 Å². The predicted molar refractivity (Wildman–Crippen MR) is 126 cm³/mol. The number of amides is 1. The third-order valence-corrected chi connectivity index (χ3v) is 6.22. The molecule has 0 aliphatic rings. The van der Waals surface area contributed by atoms with Crippen LogP contribution in [0.2, 0.25) is 0 Å². The van der Waals surface area contributed by atoms with Gasteiger partial charge in [-0.25, -0.2) is 9.78 Å². The summed E-state index contributed by atoms with van der Waals surface area (Å²) >= 11 is 1.23. The van der Waals surface area contributed by atoms with Crippen molar-refractivity contribution in [1.82, 2.24) is 18.7 Å². The number of fused-ring (bicyclic) bond motifs is 1. The quantitative estimate of drug-likeness (QED) is 0.457. The Balaban J connectivity index is 1.70. The van der Waals surface area contributed by atoms with E-state index in [1.807, 2.05) is 61.5 Å². The van der Waals surface area contributed by atoms with Crippen molar-refractivity contribution >= 4 is 34.5 Å². The molecular weight excluding hydrogens is 426 g/mol. The minimum atomic E-state index is -0.444. The lowest BCUT2D eigenvalue weighted by atomic mass is 10.2. The minimum absolute atomic E-state index is 0.112. The van der Waals surface area contributed by atoms with Crippen LogP contribution in [-0.2, 0) is 25.4 Å². The number of imidazole rings is 1. The molecule has 0 unspecified atom stereocenters. The number of hydrogen-bond acceptors (Lipinski definition) is 5. The molecule has 0 radical (unpaired) electrons. The van der Waals surface area contributed by atoms with Crippen LogP contribution in [0.4, 0.5) is 5.69 Å². The molecule has 1 amide bonds. The average molecular weight is 450 g/mol. The smallest absolute Gasteiger partial charge is 0.325 e. The van der Waals surface area contributed by atoms with Gasteiger partial charge in [-0.15, -0.1) is 0 Å². The molecule has 2 aromatic carbocycles. The number of benzene rings is 2. The van der Waals surface area contributed by atoms with Crippen molar-refractivity contribution in [3.05, 3.63) is 86.6 Å². The minimum Gasteiger partial charge on any atom is -0.325 e. The van der Waals surface area contributed by atoms with Crippen LogP contribution in [0.25, 0.3) is 11.2 Å². The second-order valence-electron chi connectivity index (χ2n) is 7.50. The number of nitrogens with zero attached hydrogens (tertiary/aromatic N) is 4. The van der Waals surface area contributed by atoms with Gasteiger partial charge >= 0.3 is 5.69 Å². The largest absolute Gasteiger partial charge is 0.332 e. The van der Waals surface area contributed by atoms with Crippen LogP contribution in [-0.4, -0.2) is 30.3 Å². The lowest BCUT2D eigenvalue weighted by Crippen LogP contribution is -2.37. The maximum Gasteiger partial charge on any atom is 0.332 e. The summed E-state index contributed by atoms with van der Waals surface area (Å²) in [4.78, 5) is 42.5. The number of aryl methyl sites for hydroxylation is 2. The Bertz CT molecular complexity index is 1420. The highest BCUT2D eigenvalue weighted by Gasteiger charge is 2.20. The first-order valence-corrected chi connectivity index (χ1v) is 11.0. The first kappa shape index (κ1) is 21.6. The van der Waals surface area contributed by atoms with Gasteiger partial charge in [-0.2, -0.15) is 0 Å². The summed E-state index contributed by atoms with van der Waals surface area (Å²) in [7, 11) is 3.04. The lowest BCUT2D eigenvalue weighted by Gasteiger charge is -2.10. The Kier molecular flexibility index (Phi) is 6.00. The van der Waals surface area contributed by atoms with Crippen LogP contribution in [0.3, 0.4) is 0 Å². The molecule has 0 saturated carbocycles. The van der Waals surface area contributed by atoms with Crippen LogP contribution in [0.1, 0.15) is 11.1 Å². The topological polar surface area (TPSA) is 90.9 Å². The molecule has 0 atom stereocenters. The van der Waals surface area contributed by atoms with Crippen molar-refractivity contribution in [2.75, 3.05) is 11.1 Å². The van der Waals surface area contributed by atoms with Crippen LogP contribution in [0, 0.1) is 6.92 Å². The van der Waals surface area contributed by atoms with Gasteiger partial charge in [0.05, 0.1) is 12.3 Å². The van der Waals surface area contributed by atoms with Crippen molar-refractivity contribution in [2.45, 2.75) is 18.6 Å². The second-order valence-corrected chi connectivity index (χ2v) is 8.44. The maximum atomic E-state index is 12.9. The monoisotopic (exact) mass is 449 g/mol. The Hall–Kier alpha value is -3.59. The van der Waals surface area contributed by atoms with Crippen molar-refractivity contribution in [3.63, 3.8) is 0 Å². The highest BCUT2D eigenvalue weighted by atomic mass is 32.2. The highest BCUT2D eigenvalue weighted by Crippen LogP contribution is 2.23. The molecule has 0 fully saturated rings. The van der Waals surface area contributed by atoms with Gasteiger partial charge in [-0.05, 0) is 24.1 Å². The normalized spacial score (nSPS) is 11.1. The van der Waals surface area contributed by atoms with E-state index in [1.54, 1.807) is 11.6 Å². The summed E-state index contributed by atoms with van der Waals surface area (Å²) in [5.74, 6) is -0.0647. The van der Waals surface area contributed by atoms with Gasteiger partial charge < -0.3 is 9.88 Å². The van der Waals surface area contributed by atoms with Gasteiger partial charge in [0.25, 0.3) is 5.56 Å². The van der Waals surface area contributed by atoms with Gasteiger partial charge in [-0.3, -0.25) is 18.7 Å². The van der Waals surface area contributed by atoms with Crippen LogP contribution >= 0.6 is 11.8 Å². The molecule has 0 bridgehead atoms. The fourth-order valence-electron chi connectivity index (χ4n) is 3.48. The number of carbonyl (C=O) groups is 1. The van der Waals surface area contributed by atoms with Gasteiger partial charge in [0.2, 0.25) is 5.91 Å². The molecule has 9 heteroatoms. The SMILES string of the molecule is Cc1ccccc1NC(=O)CSc1nc2c(c(=O)n(C)c(=O)n2C)n1Cc1ccccc1. The standard InChI is InChI=1S/C23H23N5O3S/c1-15-9-7-8-12-17(15)24-18(29)14-32-22-25-20-19(21(30)27(3)23(31)26(20)2)28(22)13-16-10-5-4-6-11-16/h4-12H,13-14H2,1-3H3,(H,24,29). The van der Waals surface area contributed by atoms with E-state index in [0.717, 1.165) is 21.4 Å². The van der Waals surface area contributed by atoms with Crippen molar-refractivity contribution in [1.29, 1.82) is 0 Å². The van der Waals surface area contributed by atoms with Gasteiger partial charge in [0, 0.05) is 19.8 Å². The summed E-state index contributed by atoms with van der Waals surface area (Å²) in [6.45, 7) is 2.32. The molecule has 164 valence electrons. The van der Waals surface area contributed by atoms with E-state index in [1.165, 1.54) is 23.4 Å². The first-order valence-electron chi connectivity index (χ1n) is 10.0. The third-order valence-electron chi connectivity index (χ3n) is 5.25. The molecule has 2 heterocycles. The average Bonchev–Trinajstić information content (AvgIpc) is 3.15. The highest BCUT2D eigenvalue weighted by molar-refractivity contribution is 7.99. The summed E-state index contributed by atoms with van der Waals surface area (Å²) in [5, 5.41) is 3.41. The van der Waals surface area contributed by atoms with Crippen LogP contribution in [0.5, 0.6) is 0 Å². The number of thioether (sulfide) groups is 1. The predicted octanol–water partition coefficient (Wildman–Crippen LogP) is 2.52. The molecule has 1 N–H and O–H groups in total. The molecule has 8 nitrogen and oxygen atoms in total. The lowest BCUT2D eigenvalue weighted by molar-refractivity contribution is -0.113. The Morgan fingerprint density at radius 2 is 1.69 bits per heavy atom. The Labute approximate surface area is 188 Å². The number of carbonyl (C=O) groups excluding carboxylic acids is 1. The number of hydrogen-bond donors (Lipinski definition) is 1. The maximum absolute atomic E-state index is 12.9. The molecule has 0 saturated heterocycles. The van der Waals surface area contributed by atoms with Crippen molar-refractivity contribution in [2.24, 2.45) is 14.1 Å². The molecule has 2 aromatic heterocycles. The zero-order chi connectivity index (χ0) is 22.8. The molecular formula is C23H23N5O3S. The number of anilines is 1.